The van der Waals surface area contributed by atoms with Gasteiger partial charge in [-0.1, -0.05) is 115 Å². The standard InChI is InChI=1S/C40H23BO2S/c1-3-11-24(12-4-1)29-21-30(25-13-5-2-6-14-25)40-38-39(29)42-33-20-19-26-15-7-8-16-27(26)37(33)41(38)32-22-31-28-17-9-10-18-35(28)44-36(31)23-34(32)43-40/h1-23H. The molecule has 4 heteroatoms. The van der Waals surface area contributed by atoms with Crippen LogP contribution >= 0.6 is 11.3 Å². The minimum Gasteiger partial charge on any atom is -0.458 e. The van der Waals surface area contributed by atoms with E-state index in [-0.39, 0.29) is 6.71 Å². The molecule has 0 fully saturated rings. The average Bonchev–Trinajstić information content (AvgIpc) is 3.45. The normalized spacial score (nSPS) is 12.9. The van der Waals surface area contributed by atoms with Crippen LogP contribution in [0.1, 0.15) is 0 Å². The first-order chi connectivity index (χ1) is 21.8. The lowest BCUT2D eigenvalue weighted by atomic mass is 9.34. The third-order valence-corrected chi connectivity index (χ3v) is 10.3. The van der Waals surface area contributed by atoms with Crippen LogP contribution in [0, 0.1) is 0 Å². The number of ether oxygens (including phenoxy) is 2. The predicted octanol–water partition coefficient (Wildman–Crippen LogP) is 9.27. The molecule has 0 radical (unpaired) electrons. The molecule has 2 nitrogen and oxygen atoms in total. The van der Waals surface area contributed by atoms with Crippen LogP contribution in [0.3, 0.4) is 0 Å². The van der Waals surface area contributed by atoms with Gasteiger partial charge in [-0.2, -0.15) is 0 Å². The Bertz CT molecular complexity index is 2450. The van der Waals surface area contributed by atoms with Crippen LogP contribution in [0.5, 0.6) is 23.0 Å². The van der Waals surface area contributed by atoms with Crippen molar-refractivity contribution in [3.05, 3.63) is 140 Å². The van der Waals surface area contributed by atoms with E-state index in [2.05, 4.69) is 140 Å². The molecule has 204 valence electrons. The molecule has 10 rings (SSSR count). The Labute approximate surface area is 258 Å². The fourth-order valence-electron chi connectivity index (χ4n) is 7.24. The molecule has 0 N–H and O–H groups in total. The summed E-state index contributed by atoms with van der Waals surface area (Å²) in [6.45, 7) is -0.0622. The fourth-order valence-corrected chi connectivity index (χ4v) is 8.35. The van der Waals surface area contributed by atoms with Crippen molar-refractivity contribution < 1.29 is 9.47 Å². The van der Waals surface area contributed by atoms with Gasteiger partial charge in [0.05, 0.1) is 0 Å². The van der Waals surface area contributed by atoms with Crippen LogP contribution in [0.2, 0.25) is 0 Å². The van der Waals surface area contributed by atoms with Crippen molar-refractivity contribution in [3.8, 4) is 45.3 Å². The van der Waals surface area contributed by atoms with Crippen molar-refractivity contribution in [1.82, 2.24) is 0 Å². The van der Waals surface area contributed by atoms with Crippen molar-refractivity contribution in [2.45, 2.75) is 0 Å². The Kier molecular flexibility index (Phi) is 4.99. The Balaban J connectivity index is 1.37. The van der Waals surface area contributed by atoms with E-state index < -0.39 is 0 Å². The van der Waals surface area contributed by atoms with Gasteiger partial charge in [0.15, 0.2) is 0 Å². The van der Waals surface area contributed by atoms with Crippen molar-refractivity contribution in [3.63, 3.8) is 0 Å². The molecule has 7 aromatic carbocycles. The van der Waals surface area contributed by atoms with Gasteiger partial charge in [-0.25, -0.2) is 0 Å². The molecule has 2 aliphatic rings. The van der Waals surface area contributed by atoms with E-state index >= 15 is 0 Å². The molecule has 2 aliphatic heterocycles. The zero-order valence-electron chi connectivity index (χ0n) is 23.6. The average molecular weight is 579 g/mol. The minimum absolute atomic E-state index is 0.0622. The van der Waals surface area contributed by atoms with Crippen LogP contribution in [-0.4, -0.2) is 6.71 Å². The summed E-state index contributed by atoms with van der Waals surface area (Å²) in [4.78, 5) is 0. The highest BCUT2D eigenvalue weighted by atomic mass is 32.1. The highest BCUT2D eigenvalue weighted by Gasteiger charge is 2.43. The van der Waals surface area contributed by atoms with Crippen LogP contribution in [0.15, 0.2) is 140 Å². The maximum Gasteiger partial charge on any atom is 0.261 e. The molecular formula is C40H23BO2S. The zero-order valence-corrected chi connectivity index (χ0v) is 24.4. The topological polar surface area (TPSA) is 18.5 Å². The minimum atomic E-state index is -0.0622. The summed E-state index contributed by atoms with van der Waals surface area (Å²) in [5.74, 6) is 3.57. The number of rotatable bonds is 2. The monoisotopic (exact) mass is 578 g/mol. The maximum absolute atomic E-state index is 7.06. The van der Waals surface area contributed by atoms with Crippen molar-refractivity contribution in [2.75, 3.05) is 0 Å². The first-order valence-corrected chi connectivity index (χ1v) is 15.8. The SMILES string of the molecule is c1ccc(-c2cc(-c3ccccc3)c3c4c2Oc2cc5sc6ccccc6c5cc2B4c2c(ccc4ccccc24)O3)cc1. The summed E-state index contributed by atoms with van der Waals surface area (Å²) >= 11 is 1.83. The number of benzene rings is 7. The quantitative estimate of drug-likeness (QED) is 0.190. The van der Waals surface area contributed by atoms with Crippen molar-refractivity contribution in [2.24, 2.45) is 0 Å². The molecule has 8 aromatic rings. The van der Waals surface area contributed by atoms with Gasteiger partial charge < -0.3 is 9.47 Å². The van der Waals surface area contributed by atoms with E-state index in [1.165, 1.54) is 41.9 Å². The summed E-state index contributed by atoms with van der Waals surface area (Å²) in [5.41, 5.74) is 7.86. The summed E-state index contributed by atoms with van der Waals surface area (Å²) in [6.07, 6.45) is 0. The molecule has 3 heterocycles. The van der Waals surface area contributed by atoms with Gasteiger partial charge >= 0.3 is 0 Å². The van der Waals surface area contributed by atoms with Gasteiger partial charge in [0.1, 0.15) is 23.0 Å². The molecule has 0 bridgehead atoms. The number of fused-ring (bicyclic) bond motifs is 9. The van der Waals surface area contributed by atoms with E-state index in [1.54, 1.807) is 0 Å². The maximum atomic E-state index is 7.06. The smallest absolute Gasteiger partial charge is 0.261 e. The first-order valence-electron chi connectivity index (χ1n) is 15.0. The van der Waals surface area contributed by atoms with Crippen LogP contribution in [-0.2, 0) is 0 Å². The molecule has 0 unspecified atom stereocenters. The molecule has 1 aromatic heterocycles. The molecule has 0 aliphatic carbocycles. The lowest BCUT2D eigenvalue weighted by Gasteiger charge is -2.36. The second-order valence-corrected chi connectivity index (χ2v) is 12.7. The van der Waals surface area contributed by atoms with E-state index in [4.69, 9.17) is 9.47 Å². The Morgan fingerprint density at radius 3 is 1.84 bits per heavy atom. The molecule has 0 saturated carbocycles. The lowest BCUT2D eigenvalue weighted by Crippen LogP contribution is -2.57. The number of hydrogen-bond acceptors (Lipinski definition) is 3. The lowest BCUT2D eigenvalue weighted by molar-refractivity contribution is 0.467. The molecular weight excluding hydrogens is 555 g/mol. The van der Waals surface area contributed by atoms with Crippen LogP contribution in [0.25, 0.3) is 53.2 Å². The van der Waals surface area contributed by atoms with Gasteiger partial charge in [0, 0.05) is 36.8 Å². The summed E-state index contributed by atoms with van der Waals surface area (Å²) in [6, 6.07) is 49.8. The predicted molar refractivity (Wildman–Crippen MR) is 185 cm³/mol. The molecule has 0 amide bonds. The van der Waals surface area contributed by atoms with Crippen LogP contribution < -0.4 is 25.9 Å². The third-order valence-electron chi connectivity index (χ3n) is 9.19. The molecule has 44 heavy (non-hydrogen) atoms. The van der Waals surface area contributed by atoms with Crippen molar-refractivity contribution in [1.29, 1.82) is 0 Å². The van der Waals surface area contributed by atoms with Gasteiger partial charge in [0.25, 0.3) is 6.71 Å². The molecule has 0 atom stereocenters. The van der Waals surface area contributed by atoms with E-state index in [1.807, 2.05) is 11.3 Å². The van der Waals surface area contributed by atoms with Gasteiger partial charge in [-0.05, 0) is 57.1 Å². The second-order valence-electron chi connectivity index (χ2n) is 11.6. The summed E-state index contributed by atoms with van der Waals surface area (Å²) in [5, 5.41) is 4.97. The van der Waals surface area contributed by atoms with Gasteiger partial charge in [0.2, 0.25) is 0 Å². The van der Waals surface area contributed by atoms with E-state index in [9.17, 15) is 0 Å². The molecule has 0 saturated heterocycles. The Morgan fingerprint density at radius 2 is 1.09 bits per heavy atom. The summed E-state index contributed by atoms with van der Waals surface area (Å²) in [7, 11) is 0. The first kappa shape index (κ1) is 24.2. The summed E-state index contributed by atoms with van der Waals surface area (Å²) < 4.78 is 16.6. The highest BCUT2D eigenvalue weighted by Crippen LogP contribution is 2.47. The third kappa shape index (κ3) is 3.37. The largest absolute Gasteiger partial charge is 0.458 e. The fraction of sp³-hybridized carbons (Fsp3) is 0. The highest BCUT2D eigenvalue weighted by molar-refractivity contribution is 7.25. The zero-order chi connectivity index (χ0) is 28.8. The number of hydrogen-bond donors (Lipinski definition) is 0. The van der Waals surface area contributed by atoms with Crippen LogP contribution in [0.4, 0.5) is 0 Å². The second kappa shape index (κ2) is 9.09. The van der Waals surface area contributed by atoms with Gasteiger partial charge in [-0.3, -0.25) is 0 Å². The van der Waals surface area contributed by atoms with Crippen molar-refractivity contribution >= 4 is 65.4 Å². The van der Waals surface area contributed by atoms with E-state index in [0.29, 0.717) is 0 Å². The Hall–Kier alpha value is -5.32. The van der Waals surface area contributed by atoms with E-state index in [0.717, 1.165) is 50.7 Å². The number of thiophene rings is 1. The molecule has 0 spiro atoms. The van der Waals surface area contributed by atoms with Gasteiger partial charge in [-0.15, -0.1) is 11.3 Å². The Morgan fingerprint density at radius 1 is 0.455 bits per heavy atom.